The van der Waals surface area contributed by atoms with Crippen molar-refractivity contribution in [2.24, 2.45) is 0 Å². The largest absolute Gasteiger partial charge is 0.478 e. The molecule has 0 radical (unpaired) electrons. The molecule has 7 heteroatoms. The predicted octanol–water partition coefficient (Wildman–Crippen LogP) is 0.152. The topological polar surface area (TPSA) is 97.0 Å². The van der Waals surface area contributed by atoms with E-state index >= 15 is 0 Å². The number of likely N-dealkylation sites (N-methyl/N-ethyl adjacent to an activating group) is 1. The Morgan fingerprint density at radius 2 is 2.11 bits per heavy atom. The second kappa shape index (κ2) is 5.85. The molecule has 0 spiro atoms. The summed E-state index contributed by atoms with van der Waals surface area (Å²) in [6.45, 7) is -0.196. The number of ether oxygens (including phenoxy) is 1. The van der Waals surface area contributed by atoms with Gasteiger partial charge in [-0.1, -0.05) is 0 Å². The minimum Gasteiger partial charge on any atom is -0.478 e. The van der Waals surface area contributed by atoms with Crippen LogP contribution >= 0.6 is 0 Å². The van der Waals surface area contributed by atoms with Crippen LogP contribution in [-0.2, 0) is 20.7 Å². The number of aromatic carboxylic acids is 1. The SMILES string of the molecule is COC(=O)CN(C)C(=O)Cc1occc1C(=O)O. The van der Waals surface area contributed by atoms with Gasteiger partial charge in [-0.3, -0.25) is 9.59 Å². The molecule has 0 saturated heterocycles. The highest BCUT2D eigenvalue weighted by molar-refractivity contribution is 5.91. The van der Waals surface area contributed by atoms with Crippen LogP contribution in [0.25, 0.3) is 0 Å². The molecule has 1 aromatic rings. The standard InChI is InChI=1S/C11H13NO6/c1-12(6-10(14)17-2)9(13)5-8-7(11(15)16)3-4-18-8/h3-4H,5-6H2,1-2H3,(H,15,16). The Morgan fingerprint density at radius 3 is 2.67 bits per heavy atom. The van der Waals surface area contributed by atoms with Gasteiger partial charge in [0.25, 0.3) is 0 Å². The molecule has 18 heavy (non-hydrogen) atoms. The van der Waals surface area contributed by atoms with Crippen LogP contribution in [0.2, 0.25) is 0 Å². The molecule has 0 aliphatic heterocycles. The molecule has 0 fully saturated rings. The fourth-order valence-electron chi connectivity index (χ4n) is 1.29. The maximum Gasteiger partial charge on any atom is 0.339 e. The zero-order valence-corrected chi connectivity index (χ0v) is 10.0. The molecular formula is C11H13NO6. The molecule has 1 heterocycles. The Labute approximate surface area is 103 Å². The van der Waals surface area contributed by atoms with Gasteiger partial charge >= 0.3 is 11.9 Å². The lowest BCUT2D eigenvalue weighted by Gasteiger charge is -2.14. The number of methoxy groups -OCH3 is 1. The van der Waals surface area contributed by atoms with E-state index in [0.717, 1.165) is 4.90 Å². The van der Waals surface area contributed by atoms with E-state index in [1.165, 1.54) is 26.5 Å². The van der Waals surface area contributed by atoms with Gasteiger partial charge in [0.2, 0.25) is 5.91 Å². The van der Waals surface area contributed by atoms with Crippen LogP contribution < -0.4 is 0 Å². The van der Waals surface area contributed by atoms with Gasteiger partial charge < -0.3 is 19.2 Å². The van der Waals surface area contributed by atoms with E-state index in [4.69, 9.17) is 9.52 Å². The molecule has 0 unspecified atom stereocenters. The highest BCUT2D eigenvalue weighted by Crippen LogP contribution is 2.12. The number of carboxylic acids is 1. The van der Waals surface area contributed by atoms with Gasteiger partial charge in [0, 0.05) is 7.05 Å². The van der Waals surface area contributed by atoms with Gasteiger partial charge in [0.15, 0.2) is 0 Å². The van der Waals surface area contributed by atoms with Crippen LogP contribution in [0, 0.1) is 0 Å². The molecule has 0 aliphatic carbocycles. The first-order valence-electron chi connectivity index (χ1n) is 5.06. The van der Waals surface area contributed by atoms with Crippen molar-refractivity contribution >= 4 is 17.8 Å². The van der Waals surface area contributed by atoms with Crippen molar-refractivity contribution in [3.8, 4) is 0 Å². The molecule has 0 saturated carbocycles. The number of amides is 1. The number of hydrogen-bond acceptors (Lipinski definition) is 5. The molecule has 0 atom stereocenters. The Hall–Kier alpha value is -2.31. The fourth-order valence-corrected chi connectivity index (χ4v) is 1.29. The van der Waals surface area contributed by atoms with Gasteiger partial charge in [0.05, 0.1) is 19.8 Å². The van der Waals surface area contributed by atoms with Crippen LogP contribution in [0.15, 0.2) is 16.7 Å². The Balaban J connectivity index is 2.67. The summed E-state index contributed by atoms with van der Waals surface area (Å²) < 4.78 is 9.35. The van der Waals surface area contributed by atoms with Gasteiger partial charge in [0.1, 0.15) is 17.9 Å². The average molecular weight is 255 g/mol. The predicted molar refractivity (Wildman–Crippen MR) is 59.0 cm³/mol. The normalized spacial score (nSPS) is 9.89. The van der Waals surface area contributed by atoms with Crippen molar-refractivity contribution in [3.63, 3.8) is 0 Å². The number of esters is 1. The minimum atomic E-state index is -1.16. The Bertz CT molecular complexity index is 464. The Kier molecular flexibility index (Phi) is 4.47. The molecule has 1 amide bonds. The van der Waals surface area contributed by atoms with Gasteiger partial charge in [-0.2, -0.15) is 0 Å². The van der Waals surface area contributed by atoms with Crippen LogP contribution in [0.3, 0.4) is 0 Å². The molecule has 1 N–H and O–H groups in total. The summed E-state index contributed by atoms with van der Waals surface area (Å²) in [5.74, 6) is -2.09. The van der Waals surface area contributed by atoms with Gasteiger partial charge in [-0.15, -0.1) is 0 Å². The van der Waals surface area contributed by atoms with Crippen molar-refractivity contribution < 1.29 is 28.6 Å². The van der Waals surface area contributed by atoms with E-state index in [-0.39, 0.29) is 24.3 Å². The molecule has 98 valence electrons. The third-order valence-electron chi connectivity index (χ3n) is 2.31. The lowest BCUT2D eigenvalue weighted by molar-refractivity contribution is -0.146. The maximum atomic E-state index is 11.7. The number of hydrogen-bond donors (Lipinski definition) is 1. The lowest BCUT2D eigenvalue weighted by Crippen LogP contribution is -2.33. The summed E-state index contributed by atoms with van der Waals surface area (Å²) in [6, 6.07) is 1.27. The summed E-state index contributed by atoms with van der Waals surface area (Å²) in [5, 5.41) is 8.83. The highest BCUT2D eigenvalue weighted by atomic mass is 16.5. The van der Waals surface area contributed by atoms with Crippen LogP contribution in [0.1, 0.15) is 16.1 Å². The van der Waals surface area contributed by atoms with Crippen molar-refractivity contribution in [2.45, 2.75) is 6.42 Å². The zero-order chi connectivity index (χ0) is 13.7. The van der Waals surface area contributed by atoms with Crippen LogP contribution in [0.4, 0.5) is 0 Å². The summed E-state index contributed by atoms with van der Waals surface area (Å²) >= 11 is 0. The van der Waals surface area contributed by atoms with Gasteiger partial charge in [-0.25, -0.2) is 4.79 Å². The van der Waals surface area contributed by atoms with Crippen molar-refractivity contribution in [3.05, 3.63) is 23.7 Å². The van der Waals surface area contributed by atoms with Crippen LogP contribution in [0.5, 0.6) is 0 Å². The number of carbonyl (C=O) groups excluding carboxylic acids is 2. The summed E-state index contributed by atoms with van der Waals surface area (Å²) in [4.78, 5) is 34.6. The number of furan rings is 1. The van der Waals surface area contributed by atoms with E-state index in [2.05, 4.69) is 4.74 Å². The fraction of sp³-hybridized carbons (Fsp3) is 0.364. The van der Waals surface area contributed by atoms with Crippen molar-refractivity contribution in [2.75, 3.05) is 20.7 Å². The molecular weight excluding hydrogens is 242 g/mol. The van der Waals surface area contributed by atoms with E-state index in [1.54, 1.807) is 0 Å². The molecule has 1 rings (SSSR count). The number of nitrogens with zero attached hydrogens (tertiary/aromatic N) is 1. The second-order valence-electron chi connectivity index (χ2n) is 3.57. The monoisotopic (exact) mass is 255 g/mol. The summed E-state index contributed by atoms with van der Waals surface area (Å²) in [6.07, 6.45) is 0.981. The lowest BCUT2D eigenvalue weighted by atomic mass is 10.2. The van der Waals surface area contributed by atoms with E-state index in [1.807, 2.05) is 0 Å². The molecule has 1 aromatic heterocycles. The number of rotatable bonds is 5. The Morgan fingerprint density at radius 1 is 1.44 bits per heavy atom. The number of carbonyl (C=O) groups is 3. The van der Waals surface area contributed by atoms with E-state index in [9.17, 15) is 14.4 Å². The van der Waals surface area contributed by atoms with E-state index < -0.39 is 17.8 Å². The minimum absolute atomic E-state index is 0.0595. The molecule has 0 aromatic carbocycles. The maximum absolute atomic E-state index is 11.7. The zero-order valence-electron chi connectivity index (χ0n) is 10.0. The third kappa shape index (κ3) is 3.34. The van der Waals surface area contributed by atoms with Crippen LogP contribution in [-0.4, -0.2) is 48.6 Å². The van der Waals surface area contributed by atoms with Crippen molar-refractivity contribution in [1.29, 1.82) is 0 Å². The molecule has 0 aliphatic rings. The summed E-state index contributed by atoms with van der Waals surface area (Å²) in [5.41, 5.74) is -0.0604. The first kappa shape index (κ1) is 13.8. The van der Waals surface area contributed by atoms with Gasteiger partial charge in [-0.05, 0) is 6.07 Å². The number of carboxylic acid groups (broad SMARTS) is 1. The summed E-state index contributed by atoms with van der Waals surface area (Å²) in [7, 11) is 2.64. The third-order valence-corrected chi connectivity index (χ3v) is 2.31. The molecule has 7 nitrogen and oxygen atoms in total. The highest BCUT2D eigenvalue weighted by Gasteiger charge is 2.20. The quantitative estimate of drug-likeness (QED) is 0.752. The van der Waals surface area contributed by atoms with Crippen molar-refractivity contribution in [1.82, 2.24) is 4.90 Å². The second-order valence-corrected chi connectivity index (χ2v) is 3.57. The molecule has 0 bridgehead atoms. The smallest absolute Gasteiger partial charge is 0.339 e. The first-order chi connectivity index (χ1) is 8.45. The first-order valence-corrected chi connectivity index (χ1v) is 5.06. The van der Waals surface area contributed by atoms with E-state index in [0.29, 0.717) is 0 Å². The average Bonchev–Trinajstić information content (AvgIpc) is 2.76.